The number of carbonyl (C=O) groups is 1. The van der Waals surface area contributed by atoms with E-state index in [1.807, 2.05) is 26.8 Å². The largest absolute Gasteiger partial charge is 0.361 e. The lowest BCUT2D eigenvalue weighted by Gasteiger charge is -2.15. The quantitative estimate of drug-likeness (QED) is 0.792. The molecule has 0 radical (unpaired) electrons. The highest BCUT2D eigenvalue weighted by atomic mass is 16.2. The second kappa shape index (κ2) is 6.78. The number of anilines is 2. The second-order valence-corrected chi connectivity index (χ2v) is 4.01. The van der Waals surface area contributed by atoms with E-state index in [2.05, 4.69) is 20.6 Å². The predicted molar refractivity (Wildman–Crippen MR) is 72.7 cm³/mol. The Morgan fingerprint density at radius 3 is 2.67 bits per heavy atom. The predicted octanol–water partition coefficient (Wildman–Crippen LogP) is 1.11. The van der Waals surface area contributed by atoms with Gasteiger partial charge in [0.1, 0.15) is 5.82 Å². The highest BCUT2D eigenvalue weighted by molar-refractivity contribution is 5.80. The molecule has 0 saturated heterocycles. The zero-order valence-corrected chi connectivity index (χ0v) is 11.4. The normalized spacial score (nSPS) is 10.0. The van der Waals surface area contributed by atoms with Gasteiger partial charge in [-0.2, -0.15) is 4.98 Å². The molecule has 100 valence electrons. The van der Waals surface area contributed by atoms with Gasteiger partial charge in [-0.3, -0.25) is 4.79 Å². The van der Waals surface area contributed by atoms with E-state index in [1.165, 1.54) is 0 Å². The van der Waals surface area contributed by atoms with Crippen LogP contribution in [0, 0.1) is 6.92 Å². The summed E-state index contributed by atoms with van der Waals surface area (Å²) in [4.78, 5) is 21.8. The third kappa shape index (κ3) is 4.20. The maximum absolute atomic E-state index is 11.6. The molecular weight excluding hydrogens is 230 g/mol. The smallest absolute Gasteiger partial charge is 0.241 e. The molecule has 2 N–H and O–H groups in total. The summed E-state index contributed by atoms with van der Waals surface area (Å²) in [5, 5.41) is 6.07. The van der Waals surface area contributed by atoms with Crippen molar-refractivity contribution in [2.45, 2.75) is 20.8 Å². The fraction of sp³-hybridized carbons (Fsp3) is 0.583. The Hall–Kier alpha value is -1.85. The molecule has 1 amide bonds. The number of aromatic nitrogens is 2. The fourth-order valence-corrected chi connectivity index (χ4v) is 1.37. The highest BCUT2D eigenvalue weighted by Gasteiger charge is 2.07. The van der Waals surface area contributed by atoms with Gasteiger partial charge in [0.2, 0.25) is 11.9 Å². The van der Waals surface area contributed by atoms with Crippen molar-refractivity contribution in [3.8, 4) is 0 Å². The molecule has 0 spiro atoms. The van der Waals surface area contributed by atoms with Crippen LogP contribution in [0.4, 0.5) is 11.8 Å². The van der Waals surface area contributed by atoms with Crippen molar-refractivity contribution in [2.24, 2.45) is 0 Å². The van der Waals surface area contributed by atoms with Crippen LogP contribution in [-0.2, 0) is 4.79 Å². The van der Waals surface area contributed by atoms with E-state index in [9.17, 15) is 4.79 Å². The van der Waals surface area contributed by atoms with Gasteiger partial charge in [0, 0.05) is 31.9 Å². The summed E-state index contributed by atoms with van der Waals surface area (Å²) < 4.78 is 0. The third-order valence-corrected chi connectivity index (χ3v) is 2.51. The third-order valence-electron chi connectivity index (χ3n) is 2.51. The van der Waals surface area contributed by atoms with Crippen LogP contribution in [0.2, 0.25) is 0 Å². The number of carbonyl (C=O) groups excluding carboxylic acids is 1. The molecule has 0 fully saturated rings. The number of amides is 1. The van der Waals surface area contributed by atoms with E-state index >= 15 is 0 Å². The van der Waals surface area contributed by atoms with Gasteiger partial charge in [0.15, 0.2) is 0 Å². The molecule has 0 saturated carbocycles. The van der Waals surface area contributed by atoms with Crippen molar-refractivity contribution >= 4 is 17.7 Å². The van der Waals surface area contributed by atoms with E-state index < -0.39 is 0 Å². The molecule has 6 heteroatoms. The Bertz CT molecular complexity index is 407. The number of nitrogens with zero attached hydrogens (tertiary/aromatic N) is 3. The van der Waals surface area contributed by atoms with Crippen LogP contribution in [0.15, 0.2) is 6.07 Å². The van der Waals surface area contributed by atoms with Crippen molar-refractivity contribution in [3.05, 3.63) is 11.8 Å². The van der Waals surface area contributed by atoms with Crippen molar-refractivity contribution in [1.29, 1.82) is 0 Å². The molecule has 0 unspecified atom stereocenters. The SMILES string of the molecule is CCNc1nc(C)cc(NCC(=O)N(C)CC)n1. The minimum Gasteiger partial charge on any atom is -0.361 e. The van der Waals surface area contributed by atoms with Crippen molar-refractivity contribution in [3.63, 3.8) is 0 Å². The summed E-state index contributed by atoms with van der Waals surface area (Å²) in [6, 6.07) is 1.82. The molecule has 6 nitrogen and oxygen atoms in total. The van der Waals surface area contributed by atoms with Crippen LogP contribution < -0.4 is 10.6 Å². The number of rotatable bonds is 6. The van der Waals surface area contributed by atoms with Gasteiger partial charge in [-0.05, 0) is 20.8 Å². The van der Waals surface area contributed by atoms with Crippen molar-refractivity contribution < 1.29 is 4.79 Å². The number of hydrogen-bond donors (Lipinski definition) is 2. The van der Waals surface area contributed by atoms with Crippen LogP contribution in [-0.4, -0.2) is 47.5 Å². The minimum absolute atomic E-state index is 0.0405. The van der Waals surface area contributed by atoms with E-state index in [0.717, 1.165) is 12.2 Å². The van der Waals surface area contributed by atoms with E-state index in [4.69, 9.17) is 0 Å². The van der Waals surface area contributed by atoms with E-state index in [1.54, 1.807) is 11.9 Å². The van der Waals surface area contributed by atoms with E-state index in [-0.39, 0.29) is 12.5 Å². The Labute approximate surface area is 108 Å². The Morgan fingerprint density at radius 2 is 2.06 bits per heavy atom. The first kappa shape index (κ1) is 14.2. The summed E-state index contributed by atoms with van der Waals surface area (Å²) in [5.41, 5.74) is 0.861. The molecule has 0 atom stereocenters. The maximum Gasteiger partial charge on any atom is 0.241 e. The summed E-state index contributed by atoms with van der Waals surface area (Å²) in [6.07, 6.45) is 0. The van der Waals surface area contributed by atoms with Crippen LogP contribution in [0.3, 0.4) is 0 Å². The van der Waals surface area contributed by atoms with Crippen molar-refractivity contribution in [2.75, 3.05) is 37.3 Å². The molecule has 0 aliphatic rings. The zero-order chi connectivity index (χ0) is 13.5. The number of nitrogens with one attached hydrogen (secondary N) is 2. The van der Waals surface area contributed by atoms with Gasteiger partial charge in [0.05, 0.1) is 6.54 Å². The summed E-state index contributed by atoms with van der Waals surface area (Å²) >= 11 is 0. The van der Waals surface area contributed by atoms with Crippen LogP contribution in [0.25, 0.3) is 0 Å². The van der Waals surface area contributed by atoms with Gasteiger partial charge < -0.3 is 15.5 Å². The molecule has 18 heavy (non-hydrogen) atoms. The molecule has 1 rings (SSSR count). The minimum atomic E-state index is 0.0405. The number of hydrogen-bond acceptors (Lipinski definition) is 5. The fourth-order valence-electron chi connectivity index (χ4n) is 1.37. The molecule has 1 heterocycles. The average Bonchev–Trinajstić information content (AvgIpc) is 2.34. The summed E-state index contributed by atoms with van der Waals surface area (Å²) in [7, 11) is 1.78. The monoisotopic (exact) mass is 251 g/mol. The first-order valence-corrected chi connectivity index (χ1v) is 6.14. The Morgan fingerprint density at radius 1 is 1.33 bits per heavy atom. The molecule has 1 aromatic heterocycles. The Kier molecular flexibility index (Phi) is 5.35. The molecule has 1 aromatic rings. The van der Waals surface area contributed by atoms with Gasteiger partial charge in [-0.15, -0.1) is 0 Å². The molecule has 0 bridgehead atoms. The van der Waals surface area contributed by atoms with Gasteiger partial charge in [0.25, 0.3) is 0 Å². The number of aryl methyl sites for hydroxylation is 1. The van der Waals surface area contributed by atoms with Crippen molar-refractivity contribution in [1.82, 2.24) is 14.9 Å². The van der Waals surface area contributed by atoms with Gasteiger partial charge >= 0.3 is 0 Å². The molecule has 0 aliphatic heterocycles. The standard InChI is InChI=1S/C12H21N5O/c1-5-13-12-15-9(3)7-10(16-12)14-8-11(18)17(4)6-2/h7H,5-6,8H2,1-4H3,(H2,13,14,15,16). The van der Waals surface area contributed by atoms with Crippen LogP contribution >= 0.6 is 0 Å². The first-order chi connectivity index (χ1) is 8.56. The zero-order valence-electron chi connectivity index (χ0n) is 11.4. The number of likely N-dealkylation sites (N-methyl/N-ethyl adjacent to an activating group) is 1. The lowest BCUT2D eigenvalue weighted by molar-refractivity contribution is -0.127. The van der Waals surface area contributed by atoms with Crippen LogP contribution in [0.5, 0.6) is 0 Å². The lowest BCUT2D eigenvalue weighted by atomic mass is 10.4. The van der Waals surface area contributed by atoms with Gasteiger partial charge in [-0.1, -0.05) is 0 Å². The second-order valence-electron chi connectivity index (χ2n) is 4.01. The van der Waals surface area contributed by atoms with E-state index in [0.29, 0.717) is 18.3 Å². The first-order valence-electron chi connectivity index (χ1n) is 6.14. The Balaban J connectivity index is 2.64. The highest BCUT2D eigenvalue weighted by Crippen LogP contribution is 2.09. The van der Waals surface area contributed by atoms with Crippen LogP contribution in [0.1, 0.15) is 19.5 Å². The molecule has 0 aliphatic carbocycles. The molecule has 0 aromatic carbocycles. The maximum atomic E-state index is 11.6. The topological polar surface area (TPSA) is 70.2 Å². The van der Waals surface area contributed by atoms with Gasteiger partial charge in [-0.25, -0.2) is 4.98 Å². The summed E-state index contributed by atoms with van der Waals surface area (Å²) in [5.74, 6) is 1.28. The lowest BCUT2D eigenvalue weighted by Crippen LogP contribution is -2.32. The molecular formula is C12H21N5O. The summed E-state index contributed by atoms with van der Waals surface area (Å²) in [6.45, 7) is 7.53. The average molecular weight is 251 g/mol.